The third-order valence-electron chi connectivity index (χ3n) is 1.26. The van der Waals surface area contributed by atoms with Crippen molar-refractivity contribution in [1.82, 2.24) is 4.90 Å². The summed E-state index contributed by atoms with van der Waals surface area (Å²) in [4.78, 5) is 12.3. The van der Waals surface area contributed by atoms with Crippen molar-refractivity contribution in [2.45, 2.75) is 0 Å². The van der Waals surface area contributed by atoms with Gasteiger partial charge in [0, 0.05) is 29.0 Å². The van der Waals surface area contributed by atoms with E-state index in [2.05, 4.69) is 15.9 Å². The van der Waals surface area contributed by atoms with Crippen LogP contribution in [-0.4, -0.2) is 36.0 Å². The van der Waals surface area contributed by atoms with E-state index in [0.717, 1.165) is 0 Å². The van der Waals surface area contributed by atoms with E-state index >= 15 is 0 Å². The highest BCUT2D eigenvalue weighted by Crippen LogP contribution is 2.01. The zero-order valence-corrected chi connectivity index (χ0v) is 6.56. The third kappa shape index (κ3) is 1.95. The molecule has 0 atom stereocenters. The predicted molar refractivity (Wildman–Crippen MR) is 36.7 cm³/mol. The quantitative estimate of drug-likeness (QED) is 0.422. The van der Waals surface area contributed by atoms with Gasteiger partial charge in [0.05, 0.1) is 13.2 Å². The van der Waals surface area contributed by atoms with E-state index in [4.69, 9.17) is 4.74 Å². The molecule has 1 amide bonds. The average molecular weight is 194 g/mol. The van der Waals surface area contributed by atoms with Crippen LogP contribution in [0.4, 0.5) is 4.79 Å². The smallest absolute Gasteiger partial charge is 0.289 e. The van der Waals surface area contributed by atoms with Crippen molar-refractivity contribution in [2.75, 3.05) is 26.3 Å². The van der Waals surface area contributed by atoms with Gasteiger partial charge in [0.1, 0.15) is 0 Å². The van der Waals surface area contributed by atoms with Crippen LogP contribution in [0, 0.1) is 0 Å². The van der Waals surface area contributed by atoms with E-state index in [1.807, 2.05) is 0 Å². The van der Waals surface area contributed by atoms with Gasteiger partial charge in [-0.15, -0.1) is 0 Å². The van der Waals surface area contributed by atoms with Crippen LogP contribution >= 0.6 is 15.9 Å². The second kappa shape index (κ2) is 3.17. The standard InChI is InChI=1S/C5H8BrNO2/c6-5(8)7-1-3-9-4-2-7/h1-4H2. The molecule has 1 rings (SSSR count). The van der Waals surface area contributed by atoms with Crippen molar-refractivity contribution >= 4 is 20.7 Å². The Labute approximate surface area is 62.1 Å². The highest BCUT2D eigenvalue weighted by Gasteiger charge is 2.12. The molecule has 0 radical (unpaired) electrons. The number of carbonyl (C=O) groups is 1. The highest BCUT2D eigenvalue weighted by molar-refractivity contribution is 9.18. The first-order valence-corrected chi connectivity index (χ1v) is 3.62. The maximum atomic E-state index is 10.6. The molecule has 0 unspecified atom stereocenters. The van der Waals surface area contributed by atoms with Gasteiger partial charge >= 0.3 is 0 Å². The van der Waals surface area contributed by atoms with Gasteiger partial charge in [0.15, 0.2) is 0 Å². The fourth-order valence-electron chi connectivity index (χ4n) is 0.739. The molecule has 0 aliphatic carbocycles. The first kappa shape index (κ1) is 7.02. The summed E-state index contributed by atoms with van der Waals surface area (Å²) in [5, 5.41) is 0. The first-order valence-electron chi connectivity index (χ1n) is 2.83. The minimum atomic E-state index is -0.0363. The molecule has 0 spiro atoms. The van der Waals surface area contributed by atoms with E-state index in [1.165, 1.54) is 0 Å². The molecule has 9 heavy (non-hydrogen) atoms. The SMILES string of the molecule is O=C(Br)N1CCOCC1. The van der Waals surface area contributed by atoms with Crippen molar-refractivity contribution in [1.29, 1.82) is 0 Å². The van der Waals surface area contributed by atoms with Crippen LogP contribution in [0.2, 0.25) is 0 Å². The summed E-state index contributed by atoms with van der Waals surface area (Å²) in [6.07, 6.45) is 0. The maximum Gasteiger partial charge on any atom is 0.289 e. The molecule has 0 N–H and O–H groups in total. The largest absolute Gasteiger partial charge is 0.378 e. The van der Waals surface area contributed by atoms with E-state index < -0.39 is 0 Å². The summed E-state index contributed by atoms with van der Waals surface area (Å²) in [5.41, 5.74) is 0. The molecule has 0 bridgehead atoms. The molecule has 0 saturated carbocycles. The Hall–Kier alpha value is -0.0900. The summed E-state index contributed by atoms with van der Waals surface area (Å²) >= 11 is 2.87. The lowest BCUT2D eigenvalue weighted by Gasteiger charge is -2.24. The molecular formula is C5H8BrNO2. The maximum absolute atomic E-state index is 10.6. The Morgan fingerprint density at radius 1 is 1.44 bits per heavy atom. The molecule has 0 aromatic rings. The van der Waals surface area contributed by atoms with Crippen molar-refractivity contribution in [3.63, 3.8) is 0 Å². The summed E-state index contributed by atoms with van der Waals surface area (Å²) in [5.74, 6) is 0. The van der Waals surface area contributed by atoms with Crippen LogP contribution in [0.1, 0.15) is 0 Å². The van der Waals surface area contributed by atoms with Crippen molar-refractivity contribution in [3.8, 4) is 0 Å². The number of halogens is 1. The Morgan fingerprint density at radius 3 is 2.33 bits per heavy atom. The number of hydrogen-bond donors (Lipinski definition) is 0. The van der Waals surface area contributed by atoms with Crippen LogP contribution < -0.4 is 0 Å². The Balaban J connectivity index is 2.31. The number of carbonyl (C=O) groups excluding carboxylic acids is 1. The van der Waals surface area contributed by atoms with Crippen LogP contribution in [0.3, 0.4) is 0 Å². The summed E-state index contributed by atoms with van der Waals surface area (Å²) in [7, 11) is 0. The lowest BCUT2D eigenvalue weighted by atomic mass is 10.5. The number of morpholine rings is 1. The normalized spacial score (nSPS) is 19.9. The second-order valence-corrected chi connectivity index (χ2v) is 2.53. The number of ether oxygens (including phenoxy) is 1. The van der Waals surface area contributed by atoms with Gasteiger partial charge in [-0.3, -0.25) is 4.79 Å². The van der Waals surface area contributed by atoms with Crippen molar-refractivity contribution in [3.05, 3.63) is 0 Å². The van der Waals surface area contributed by atoms with Crippen LogP contribution in [-0.2, 0) is 4.74 Å². The molecule has 0 aromatic heterocycles. The number of amides is 1. The zero-order valence-electron chi connectivity index (χ0n) is 4.97. The van der Waals surface area contributed by atoms with E-state index in [9.17, 15) is 4.79 Å². The highest BCUT2D eigenvalue weighted by atomic mass is 79.9. The summed E-state index contributed by atoms with van der Waals surface area (Å²) in [6, 6.07) is 0. The van der Waals surface area contributed by atoms with E-state index in [-0.39, 0.29) is 4.82 Å². The molecule has 1 heterocycles. The molecular weight excluding hydrogens is 186 g/mol. The molecule has 1 saturated heterocycles. The van der Waals surface area contributed by atoms with Crippen LogP contribution in [0.5, 0.6) is 0 Å². The number of nitrogens with zero attached hydrogens (tertiary/aromatic N) is 1. The lowest BCUT2D eigenvalue weighted by Crippen LogP contribution is -2.37. The molecule has 0 aromatic carbocycles. The fraction of sp³-hybridized carbons (Fsp3) is 0.800. The van der Waals surface area contributed by atoms with Gasteiger partial charge in [-0.05, 0) is 0 Å². The number of hydrogen-bond acceptors (Lipinski definition) is 2. The molecule has 52 valence electrons. The predicted octanol–water partition coefficient (Wildman–Crippen LogP) is 0.833. The van der Waals surface area contributed by atoms with Gasteiger partial charge in [0.2, 0.25) is 0 Å². The first-order chi connectivity index (χ1) is 4.30. The second-order valence-electron chi connectivity index (χ2n) is 1.85. The third-order valence-corrected chi connectivity index (χ3v) is 1.76. The topological polar surface area (TPSA) is 29.5 Å². The van der Waals surface area contributed by atoms with Gasteiger partial charge in [-0.2, -0.15) is 0 Å². The van der Waals surface area contributed by atoms with Crippen LogP contribution in [0.25, 0.3) is 0 Å². The van der Waals surface area contributed by atoms with E-state index in [0.29, 0.717) is 26.3 Å². The summed E-state index contributed by atoms with van der Waals surface area (Å²) < 4.78 is 5.04. The Morgan fingerprint density at radius 2 is 2.00 bits per heavy atom. The Kier molecular flexibility index (Phi) is 2.48. The lowest BCUT2D eigenvalue weighted by molar-refractivity contribution is 0.0596. The zero-order chi connectivity index (χ0) is 6.69. The molecule has 1 aliphatic rings. The van der Waals surface area contributed by atoms with E-state index in [1.54, 1.807) is 4.90 Å². The Bertz CT molecular complexity index is 112. The molecule has 4 heteroatoms. The minimum absolute atomic E-state index is 0.0363. The van der Waals surface area contributed by atoms with Crippen molar-refractivity contribution < 1.29 is 9.53 Å². The fourth-order valence-corrected chi connectivity index (χ4v) is 1.09. The molecule has 3 nitrogen and oxygen atoms in total. The minimum Gasteiger partial charge on any atom is -0.378 e. The van der Waals surface area contributed by atoms with Gasteiger partial charge in [-0.1, -0.05) is 0 Å². The molecule has 1 fully saturated rings. The van der Waals surface area contributed by atoms with Crippen molar-refractivity contribution in [2.24, 2.45) is 0 Å². The van der Waals surface area contributed by atoms with Crippen LogP contribution in [0.15, 0.2) is 0 Å². The number of rotatable bonds is 0. The average Bonchev–Trinajstić information content (AvgIpc) is 1.90. The van der Waals surface area contributed by atoms with Gasteiger partial charge < -0.3 is 9.64 Å². The van der Waals surface area contributed by atoms with Gasteiger partial charge in [-0.25, -0.2) is 0 Å². The molecule has 1 aliphatic heterocycles. The monoisotopic (exact) mass is 193 g/mol. The van der Waals surface area contributed by atoms with Gasteiger partial charge in [0.25, 0.3) is 4.82 Å². The summed E-state index contributed by atoms with van der Waals surface area (Å²) in [6.45, 7) is 2.75.